The Hall–Kier alpha value is -1.47. The second-order valence-corrected chi connectivity index (χ2v) is 5.90. The van der Waals surface area contributed by atoms with Crippen LogP contribution in [-0.2, 0) is 10.8 Å². The third kappa shape index (κ3) is 5.26. The molecule has 0 spiro atoms. The van der Waals surface area contributed by atoms with Crippen molar-refractivity contribution in [2.45, 2.75) is 18.2 Å². The van der Waals surface area contributed by atoms with Gasteiger partial charge < -0.3 is 15.7 Å². The van der Waals surface area contributed by atoms with Crippen LogP contribution in [0.25, 0.3) is 0 Å². The predicted octanol–water partition coefficient (Wildman–Crippen LogP) is 1.70. The minimum atomic E-state index is -1.40. The minimum Gasteiger partial charge on any atom is -0.396 e. The van der Waals surface area contributed by atoms with Gasteiger partial charge in [-0.25, -0.2) is 9.18 Å². The molecular formula is C13H19FN2O3S. The fraction of sp³-hybridized carbons (Fsp3) is 0.462. The Bertz CT molecular complexity index is 497. The molecular weight excluding hydrogens is 283 g/mol. The summed E-state index contributed by atoms with van der Waals surface area (Å²) in [5, 5.41) is 13.9. The molecule has 112 valence electrons. The molecule has 7 heteroatoms. The molecule has 1 rings (SSSR count). The number of carbonyl (C=O) groups excluding carboxylic acids is 1. The molecule has 1 aromatic carbocycles. The Kier molecular flexibility index (Phi) is 6.60. The summed E-state index contributed by atoms with van der Waals surface area (Å²) in [6, 6.07) is 3.57. The molecule has 0 aromatic heterocycles. The van der Waals surface area contributed by atoms with Crippen LogP contribution in [0, 0.1) is 11.7 Å². The normalized spacial score (nSPS) is 13.6. The standard InChI is InChI=1S/C13H19FN2O3S/c1-9(5-6-17)8-15-13(18)16-10-3-4-12(20(2)19)11(14)7-10/h3-4,7,9,17H,5-6,8H2,1-2H3,(H2,15,16,18). The van der Waals surface area contributed by atoms with E-state index in [-0.39, 0.29) is 17.4 Å². The first-order chi connectivity index (χ1) is 9.43. The maximum absolute atomic E-state index is 13.6. The number of aliphatic hydroxyl groups is 1. The van der Waals surface area contributed by atoms with Crippen molar-refractivity contribution in [1.82, 2.24) is 5.32 Å². The molecule has 0 aliphatic carbocycles. The van der Waals surface area contributed by atoms with Gasteiger partial charge in [-0.15, -0.1) is 0 Å². The van der Waals surface area contributed by atoms with Gasteiger partial charge in [-0.2, -0.15) is 0 Å². The van der Waals surface area contributed by atoms with Crippen LogP contribution in [0.15, 0.2) is 23.1 Å². The summed E-state index contributed by atoms with van der Waals surface area (Å²) in [7, 11) is -1.40. The minimum absolute atomic E-state index is 0.0747. The molecule has 2 amide bonds. The molecule has 0 fully saturated rings. The van der Waals surface area contributed by atoms with Gasteiger partial charge in [0, 0.05) is 25.1 Å². The van der Waals surface area contributed by atoms with E-state index < -0.39 is 22.6 Å². The number of hydrogen-bond acceptors (Lipinski definition) is 3. The van der Waals surface area contributed by atoms with Crippen molar-refractivity contribution in [3.63, 3.8) is 0 Å². The van der Waals surface area contributed by atoms with Gasteiger partial charge in [0.15, 0.2) is 0 Å². The maximum Gasteiger partial charge on any atom is 0.319 e. The second kappa shape index (κ2) is 7.96. The van der Waals surface area contributed by atoms with E-state index in [9.17, 15) is 13.4 Å². The SMILES string of the molecule is CC(CCO)CNC(=O)Nc1ccc(S(C)=O)c(F)c1. The number of anilines is 1. The largest absolute Gasteiger partial charge is 0.396 e. The first kappa shape index (κ1) is 16.6. The van der Waals surface area contributed by atoms with E-state index in [1.165, 1.54) is 18.4 Å². The van der Waals surface area contributed by atoms with Gasteiger partial charge in [0.05, 0.1) is 15.7 Å². The zero-order valence-corrected chi connectivity index (χ0v) is 12.3. The summed E-state index contributed by atoms with van der Waals surface area (Å²) in [4.78, 5) is 11.7. The quantitative estimate of drug-likeness (QED) is 0.748. The number of halogens is 1. The summed E-state index contributed by atoms with van der Waals surface area (Å²) in [6.07, 6.45) is 1.99. The average molecular weight is 302 g/mol. The van der Waals surface area contributed by atoms with Crippen LogP contribution in [0.3, 0.4) is 0 Å². The van der Waals surface area contributed by atoms with Crippen LogP contribution in [-0.4, -0.2) is 34.8 Å². The number of rotatable bonds is 6. The fourth-order valence-corrected chi connectivity index (χ4v) is 2.17. The summed E-state index contributed by atoms with van der Waals surface area (Å²) < 4.78 is 24.8. The summed E-state index contributed by atoms with van der Waals surface area (Å²) in [6.45, 7) is 2.40. The van der Waals surface area contributed by atoms with E-state index in [1.807, 2.05) is 6.92 Å². The number of aliphatic hydroxyl groups excluding tert-OH is 1. The van der Waals surface area contributed by atoms with Crippen LogP contribution >= 0.6 is 0 Å². The number of benzene rings is 1. The fourth-order valence-electron chi connectivity index (χ4n) is 1.58. The van der Waals surface area contributed by atoms with E-state index in [2.05, 4.69) is 10.6 Å². The summed E-state index contributed by atoms with van der Waals surface area (Å²) in [5.74, 6) is -0.454. The molecule has 5 nitrogen and oxygen atoms in total. The van der Waals surface area contributed by atoms with Crippen LogP contribution in [0.4, 0.5) is 14.9 Å². The van der Waals surface area contributed by atoms with Crippen molar-refractivity contribution >= 4 is 22.5 Å². The Labute approximate surface area is 120 Å². The zero-order valence-electron chi connectivity index (χ0n) is 11.5. The van der Waals surface area contributed by atoms with Gasteiger partial charge in [-0.3, -0.25) is 4.21 Å². The van der Waals surface area contributed by atoms with Crippen molar-refractivity contribution in [3.05, 3.63) is 24.0 Å². The van der Waals surface area contributed by atoms with Gasteiger partial charge in [0.25, 0.3) is 0 Å². The average Bonchev–Trinajstić information content (AvgIpc) is 2.36. The smallest absolute Gasteiger partial charge is 0.319 e. The lowest BCUT2D eigenvalue weighted by Crippen LogP contribution is -2.32. The number of amides is 2. The lowest BCUT2D eigenvalue weighted by Gasteiger charge is -2.12. The molecule has 0 saturated heterocycles. The topological polar surface area (TPSA) is 78.4 Å². The highest BCUT2D eigenvalue weighted by Crippen LogP contribution is 2.16. The summed E-state index contributed by atoms with van der Waals surface area (Å²) >= 11 is 0. The van der Waals surface area contributed by atoms with Crippen LogP contribution < -0.4 is 10.6 Å². The lowest BCUT2D eigenvalue weighted by molar-refractivity contribution is 0.243. The van der Waals surface area contributed by atoms with Crippen molar-refractivity contribution < 1.29 is 18.5 Å². The second-order valence-electron chi connectivity index (χ2n) is 4.55. The van der Waals surface area contributed by atoms with Gasteiger partial charge in [-0.1, -0.05) is 6.92 Å². The highest BCUT2D eigenvalue weighted by molar-refractivity contribution is 7.84. The molecule has 0 heterocycles. The van der Waals surface area contributed by atoms with Gasteiger partial charge in [0.1, 0.15) is 5.82 Å². The van der Waals surface area contributed by atoms with Gasteiger partial charge >= 0.3 is 6.03 Å². The van der Waals surface area contributed by atoms with Crippen LogP contribution in [0.1, 0.15) is 13.3 Å². The Morgan fingerprint density at radius 3 is 2.75 bits per heavy atom. The summed E-state index contributed by atoms with van der Waals surface area (Å²) in [5.41, 5.74) is 0.295. The monoisotopic (exact) mass is 302 g/mol. The lowest BCUT2D eigenvalue weighted by atomic mass is 10.1. The predicted molar refractivity (Wildman–Crippen MR) is 76.6 cm³/mol. The van der Waals surface area contributed by atoms with E-state index >= 15 is 0 Å². The third-order valence-corrected chi connectivity index (χ3v) is 3.68. The van der Waals surface area contributed by atoms with E-state index in [4.69, 9.17) is 5.11 Å². The molecule has 20 heavy (non-hydrogen) atoms. The number of nitrogens with one attached hydrogen (secondary N) is 2. The van der Waals surface area contributed by atoms with Gasteiger partial charge in [-0.05, 0) is 30.5 Å². The van der Waals surface area contributed by atoms with E-state index in [1.54, 1.807) is 0 Å². The molecule has 0 aliphatic rings. The van der Waals surface area contributed by atoms with Gasteiger partial charge in [0.2, 0.25) is 0 Å². The Morgan fingerprint density at radius 1 is 1.50 bits per heavy atom. The first-order valence-electron chi connectivity index (χ1n) is 6.22. The molecule has 0 bridgehead atoms. The molecule has 3 N–H and O–H groups in total. The molecule has 1 aromatic rings. The number of carbonyl (C=O) groups is 1. The highest BCUT2D eigenvalue weighted by atomic mass is 32.2. The molecule has 2 unspecified atom stereocenters. The molecule has 2 atom stereocenters. The van der Waals surface area contributed by atoms with Crippen LogP contribution in [0.5, 0.6) is 0 Å². The van der Waals surface area contributed by atoms with Crippen molar-refractivity contribution in [2.24, 2.45) is 5.92 Å². The first-order valence-corrected chi connectivity index (χ1v) is 7.78. The van der Waals surface area contributed by atoms with Crippen molar-refractivity contribution in [2.75, 3.05) is 24.7 Å². The third-order valence-electron chi connectivity index (χ3n) is 2.73. The Morgan fingerprint density at radius 2 is 2.20 bits per heavy atom. The number of hydrogen-bond donors (Lipinski definition) is 3. The maximum atomic E-state index is 13.6. The Balaban J connectivity index is 2.54. The highest BCUT2D eigenvalue weighted by Gasteiger charge is 2.09. The molecule has 0 aliphatic heterocycles. The van der Waals surface area contributed by atoms with Crippen molar-refractivity contribution in [3.8, 4) is 0 Å². The van der Waals surface area contributed by atoms with E-state index in [0.717, 1.165) is 6.07 Å². The van der Waals surface area contributed by atoms with Crippen LogP contribution in [0.2, 0.25) is 0 Å². The van der Waals surface area contributed by atoms with Crippen molar-refractivity contribution in [1.29, 1.82) is 0 Å². The zero-order chi connectivity index (χ0) is 15.1. The molecule has 0 saturated carbocycles. The number of urea groups is 1. The molecule has 0 radical (unpaired) electrons. The van der Waals surface area contributed by atoms with E-state index in [0.29, 0.717) is 18.7 Å².